The van der Waals surface area contributed by atoms with Crippen molar-refractivity contribution in [2.24, 2.45) is 0 Å². The standard InChI is InChI=1S/C4H3N3O/c8-2-4-1-6-7-3-5-4/h1-3H. The maximum absolute atomic E-state index is 9.88. The highest BCUT2D eigenvalue weighted by molar-refractivity contribution is 5.70. The van der Waals surface area contributed by atoms with Crippen molar-refractivity contribution >= 4 is 6.29 Å². The summed E-state index contributed by atoms with van der Waals surface area (Å²) in [5.74, 6) is 0. The number of nitrogens with zero attached hydrogens (tertiary/aromatic N) is 3. The van der Waals surface area contributed by atoms with Crippen molar-refractivity contribution in [2.75, 3.05) is 0 Å². The summed E-state index contributed by atoms with van der Waals surface area (Å²) in [5.41, 5.74) is 0.306. The Kier molecular flexibility index (Phi) is 1.27. The molecule has 0 saturated heterocycles. The lowest BCUT2D eigenvalue weighted by molar-refractivity contribution is 0.111. The van der Waals surface area contributed by atoms with Gasteiger partial charge in [0.1, 0.15) is 12.0 Å². The Labute approximate surface area is 45.6 Å². The molecule has 0 radical (unpaired) electrons. The molecular formula is C4H3N3O. The number of hydrogen-bond donors (Lipinski definition) is 0. The van der Waals surface area contributed by atoms with Crippen LogP contribution in [0.4, 0.5) is 0 Å². The third-order valence-electron chi connectivity index (χ3n) is 0.636. The van der Waals surface area contributed by atoms with Gasteiger partial charge < -0.3 is 0 Å². The van der Waals surface area contributed by atoms with E-state index in [0.717, 1.165) is 0 Å². The van der Waals surface area contributed by atoms with Crippen molar-refractivity contribution < 1.29 is 4.79 Å². The lowest BCUT2D eigenvalue weighted by Crippen LogP contribution is -1.88. The van der Waals surface area contributed by atoms with E-state index in [-0.39, 0.29) is 0 Å². The largest absolute Gasteiger partial charge is 0.296 e. The number of aldehydes is 1. The Morgan fingerprint density at radius 3 is 2.75 bits per heavy atom. The molecule has 0 atom stereocenters. The molecule has 0 N–H and O–H groups in total. The van der Waals surface area contributed by atoms with Gasteiger partial charge in [0.05, 0.1) is 6.20 Å². The van der Waals surface area contributed by atoms with E-state index < -0.39 is 0 Å². The van der Waals surface area contributed by atoms with Gasteiger partial charge in [0.15, 0.2) is 6.29 Å². The molecule has 0 aliphatic heterocycles. The van der Waals surface area contributed by atoms with Crippen LogP contribution in [0.2, 0.25) is 0 Å². The van der Waals surface area contributed by atoms with E-state index in [1.54, 1.807) is 0 Å². The predicted molar refractivity (Wildman–Crippen MR) is 25.2 cm³/mol. The van der Waals surface area contributed by atoms with Crippen molar-refractivity contribution in [1.29, 1.82) is 0 Å². The predicted octanol–water partition coefficient (Wildman–Crippen LogP) is -0.316. The lowest BCUT2D eigenvalue weighted by atomic mass is 10.5. The fourth-order valence-electron chi connectivity index (χ4n) is 0.309. The fraction of sp³-hybridized carbons (Fsp3) is 0. The average molecular weight is 109 g/mol. The van der Waals surface area contributed by atoms with E-state index >= 15 is 0 Å². The smallest absolute Gasteiger partial charge is 0.170 e. The van der Waals surface area contributed by atoms with Crippen LogP contribution < -0.4 is 0 Å². The third-order valence-corrected chi connectivity index (χ3v) is 0.636. The quantitative estimate of drug-likeness (QED) is 0.464. The van der Waals surface area contributed by atoms with Crippen LogP contribution in [0.5, 0.6) is 0 Å². The van der Waals surface area contributed by atoms with Gasteiger partial charge in [0, 0.05) is 0 Å². The summed E-state index contributed by atoms with van der Waals surface area (Å²) in [6.45, 7) is 0. The van der Waals surface area contributed by atoms with Crippen molar-refractivity contribution in [3.63, 3.8) is 0 Å². The van der Waals surface area contributed by atoms with Gasteiger partial charge in [-0.3, -0.25) is 4.79 Å². The van der Waals surface area contributed by atoms with Crippen LogP contribution in [0, 0.1) is 0 Å². The zero-order valence-corrected chi connectivity index (χ0v) is 3.98. The molecule has 1 aromatic rings. The van der Waals surface area contributed by atoms with E-state index in [1.165, 1.54) is 12.5 Å². The van der Waals surface area contributed by atoms with Crippen LogP contribution in [-0.4, -0.2) is 21.5 Å². The van der Waals surface area contributed by atoms with Crippen molar-refractivity contribution in [3.05, 3.63) is 18.2 Å². The minimum atomic E-state index is 0.306. The summed E-state index contributed by atoms with van der Waals surface area (Å²) in [7, 11) is 0. The molecule has 4 heteroatoms. The molecule has 8 heavy (non-hydrogen) atoms. The first-order chi connectivity index (χ1) is 3.93. The van der Waals surface area contributed by atoms with Gasteiger partial charge in [-0.2, -0.15) is 5.10 Å². The normalized spacial score (nSPS) is 8.50. The van der Waals surface area contributed by atoms with Gasteiger partial charge in [-0.1, -0.05) is 0 Å². The highest BCUT2D eigenvalue weighted by Gasteiger charge is 1.84. The monoisotopic (exact) mass is 109 g/mol. The Morgan fingerprint density at radius 1 is 1.50 bits per heavy atom. The van der Waals surface area contributed by atoms with Crippen LogP contribution in [0.25, 0.3) is 0 Å². The molecule has 0 spiro atoms. The molecule has 1 aromatic heterocycles. The lowest BCUT2D eigenvalue weighted by Gasteiger charge is -1.79. The highest BCUT2D eigenvalue weighted by atomic mass is 16.1. The molecule has 40 valence electrons. The van der Waals surface area contributed by atoms with Crippen molar-refractivity contribution in [3.8, 4) is 0 Å². The molecule has 1 heterocycles. The topological polar surface area (TPSA) is 55.7 Å². The molecule has 0 bridgehead atoms. The summed E-state index contributed by atoms with van der Waals surface area (Å²) in [6.07, 6.45) is 3.14. The van der Waals surface area contributed by atoms with Gasteiger partial charge in [-0.15, -0.1) is 5.10 Å². The number of carbonyl (C=O) groups is 1. The number of aromatic nitrogens is 3. The summed E-state index contributed by atoms with van der Waals surface area (Å²) in [5, 5.41) is 6.79. The van der Waals surface area contributed by atoms with Gasteiger partial charge in [-0.25, -0.2) is 4.98 Å². The molecule has 0 aliphatic rings. The summed E-state index contributed by atoms with van der Waals surface area (Å²) in [6, 6.07) is 0. The minimum Gasteiger partial charge on any atom is -0.296 e. The van der Waals surface area contributed by atoms with E-state index in [2.05, 4.69) is 15.2 Å². The molecule has 0 fully saturated rings. The molecule has 0 amide bonds. The van der Waals surface area contributed by atoms with Crippen LogP contribution in [-0.2, 0) is 0 Å². The summed E-state index contributed by atoms with van der Waals surface area (Å²) < 4.78 is 0. The molecule has 0 saturated carbocycles. The molecule has 0 aromatic carbocycles. The second-order valence-electron chi connectivity index (χ2n) is 1.15. The Hall–Kier alpha value is -1.32. The van der Waals surface area contributed by atoms with E-state index in [1.807, 2.05) is 0 Å². The molecule has 0 aliphatic carbocycles. The highest BCUT2D eigenvalue weighted by Crippen LogP contribution is 1.77. The SMILES string of the molecule is O=Cc1cnncn1. The van der Waals surface area contributed by atoms with Crippen LogP contribution in [0.15, 0.2) is 12.5 Å². The second-order valence-corrected chi connectivity index (χ2v) is 1.15. The average Bonchev–Trinajstić information content (AvgIpc) is 1.90. The first-order valence-electron chi connectivity index (χ1n) is 2.01. The second kappa shape index (κ2) is 2.11. The zero-order chi connectivity index (χ0) is 5.82. The summed E-state index contributed by atoms with van der Waals surface area (Å²) >= 11 is 0. The molecular weight excluding hydrogens is 106 g/mol. The first-order valence-corrected chi connectivity index (χ1v) is 2.01. The number of hydrogen-bond acceptors (Lipinski definition) is 4. The Balaban J connectivity index is 2.99. The minimum absolute atomic E-state index is 0.306. The first kappa shape index (κ1) is 4.83. The third kappa shape index (κ3) is 0.841. The van der Waals surface area contributed by atoms with E-state index in [0.29, 0.717) is 12.0 Å². The Morgan fingerprint density at radius 2 is 2.38 bits per heavy atom. The van der Waals surface area contributed by atoms with Gasteiger partial charge in [0.2, 0.25) is 0 Å². The number of carbonyl (C=O) groups excluding carboxylic acids is 1. The van der Waals surface area contributed by atoms with Crippen LogP contribution in [0.1, 0.15) is 10.5 Å². The van der Waals surface area contributed by atoms with Crippen molar-refractivity contribution in [1.82, 2.24) is 15.2 Å². The Bertz CT molecular complexity index is 174. The maximum atomic E-state index is 9.88. The number of rotatable bonds is 1. The maximum Gasteiger partial charge on any atom is 0.170 e. The molecule has 0 unspecified atom stereocenters. The van der Waals surface area contributed by atoms with Gasteiger partial charge >= 0.3 is 0 Å². The van der Waals surface area contributed by atoms with Crippen molar-refractivity contribution in [2.45, 2.75) is 0 Å². The van der Waals surface area contributed by atoms with E-state index in [9.17, 15) is 4.79 Å². The molecule has 4 nitrogen and oxygen atoms in total. The summed E-state index contributed by atoms with van der Waals surface area (Å²) in [4.78, 5) is 13.4. The molecule has 1 rings (SSSR count). The van der Waals surface area contributed by atoms with Crippen LogP contribution in [0.3, 0.4) is 0 Å². The van der Waals surface area contributed by atoms with Gasteiger partial charge in [0.25, 0.3) is 0 Å². The van der Waals surface area contributed by atoms with E-state index in [4.69, 9.17) is 0 Å². The van der Waals surface area contributed by atoms with Crippen LogP contribution >= 0.6 is 0 Å². The fourth-order valence-corrected chi connectivity index (χ4v) is 0.309. The zero-order valence-electron chi connectivity index (χ0n) is 3.98. The van der Waals surface area contributed by atoms with Gasteiger partial charge in [-0.05, 0) is 0 Å².